The Kier molecular flexibility index (Phi) is 3.97. The summed E-state index contributed by atoms with van der Waals surface area (Å²) in [6, 6.07) is 2.87. The van der Waals surface area contributed by atoms with Gasteiger partial charge in [0, 0.05) is 24.0 Å². The minimum atomic E-state index is 0.594. The van der Waals surface area contributed by atoms with Gasteiger partial charge < -0.3 is 4.90 Å². The molecule has 3 aliphatic rings. The molecular weight excluding hydrogens is 330 g/mol. The number of nitrogens with zero attached hydrogens (tertiary/aromatic N) is 5. The molecule has 0 bridgehead atoms. The molecule has 25 heavy (non-hydrogen) atoms. The number of fused-ring (bicyclic) bond motifs is 2. The Balaban J connectivity index is 1.19. The number of rotatable bonds is 4. The van der Waals surface area contributed by atoms with E-state index in [1.165, 1.54) is 65.4 Å². The summed E-state index contributed by atoms with van der Waals surface area (Å²) in [5.41, 5.74) is 4.01. The average Bonchev–Trinajstić information content (AvgIpc) is 3.14. The zero-order valence-corrected chi connectivity index (χ0v) is 15.7. The molecule has 0 atom stereocenters. The van der Waals surface area contributed by atoms with E-state index in [0.29, 0.717) is 6.04 Å². The van der Waals surface area contributed by atoms with Crippen LogP contribution in [0.15, 0.2) is 6.07 Å². The molecule has 0 amide bonds. The van der Waals surface area contributed by atoms with Crippen molar-refractivity contribution in [3.63, 3.8) is 0 Å². The molecule has 5 nitrogen and oxygen atoms in total. The number of likely N-dealkylation sites (N-methyl/N-ethyl adjacent to an activating group) is 1. The summed E-state index contributed by atoms with van der Waals surface area (Å²) >= 11 is 1.93. The molecule has 2 aliphatic carbocycles. The minimum absolute atomic E-state index is 0.594. The molecule has 1 fully saturated rings. The van der Waals surface area contributed by atoms with Crippen molar-refractivity contribution < 1.29 is 0 Å². The van der Waals surface area contributed by atoms with Gasteiger partial charge in [-0.3, -0.25) is 4.90 Å². The summed E-state index contributed by atoms with van der Waals surface area (Å²) in [5, 5.41) is 10.2. The lowest BCUT2D eigenvalue weighted by molar-refractivity contribution is 0.196. The van der Waals surface area contributed by atoms with E-state index in [1.807, 2.05) is 11.3 Å². The van der Waals surface area contributed by atoms with Crippen LogP contribution in [0.4, 0.5) is 5.82 Å². The molecule has 1 aliphatic heterocycles. The molecule has 0 radical (unpaired) electrons. The quantitative estimate of drug-likeness (QED) is 0.844. The fraction of sp³-hybridized carbons (Fsp3) is 0.632. The van der Waals surface area contributed by atoms with Gasteiger partial charge in [-0.25, -0.2) is 4.98 Å². The Bertz CT molecular complexity index is 759. The Morgan fingerprint density at radius 1 is 1.08 bits per heavy atom. The van der Waals surface area contributed by atoms with Crippen molar-refractivity contribution in [1.29, 1.82) is 0 Å². The summed E-state index contributed by atoms with van der Waals surface area (Å²) < 4.78 is 0. The van der Waals surface area contributed by atoms with Crippen molar-refractivity contribution in [2.45, 2.75) is 57.5 Å². The largest absolute Gasteiger partial charge is 0.352 e. The lowest BCUT2D eigenvalue weighted by Crippen LogP contribution is -2.58. The highest BCUT2D eigenvalue weighted by Crippen LogP contribution is 2.30. The SMILES string of the molecule is CN(Cc1nc2c(s1)CCC2)C1CN(c2cc3c(nn2)CCCC3)C1. The lowest BCUT2D eigenvalue weighted by atomic mass is 9.96. The van der Waals surface area contributed by atoms with Crippen LogP contribution >= 0.6 is 11.3 Å². The molecular formula is C19H25N5S. The van der Waals surface area contributed by atoms with Crippen molar-refractivity contribution in [2.75, 3.05) is 25.0 Å². The second-order valence-electron chi connectivity index (χ2n) is 7.69. The van der Waals surface area contributed by atoms with Crippen LogP contribution in [0.25, 0.3) is 0 Å². The van der Waals surface area contributed by atoms with Gasteiger partial charge in [-0.2, -0.15) is 5.10 Å². The number of aromatic nitrogens is 3. The van der Waals surface area contributed by atoms with Crippen LogP contribution in [0, 0.1) is 0 Å². The summed E-state index contributed by atoms with van der Waals surface area (Å²) in [6.07, 6.45) is 8.55. The van der Waals surface area contributed by atoms with Gasteiger partial charge in [0.15, 0.2) is 5.82 Å². The van der Waals surface area contributed by atoms with E-state index in [-0.39, 0.29) is 0 Å². The van der Waals surface area contributed by atoms with Crippen LogP contribution in [-0.2, 0) is 32.2 Å². The molecule has 132 valence electrons. The highest BCUT2D eigenvalue weighted by molar-refractivity contribution is 7.11. The lowest BCUT2D eigenvalue weighted by Gasteiger charge is -2.44. The maximum Gasteiger partial charge on any atom is 0.151 e. The van der Waals surface area contributed by atoms with Crippen LogP contribution in [0.5, 0.6) is 0 Å². The maximum atomic E-state index is 4.84. The topological polar surface area (TPSA) is 45.2 Å². The van der Waals surface area contributed by atoms with Crippen molar-refractivity contribution in [3.8, 4) is 0 Å². The standard InChI is InChI=1S/C19H25N5S/c1-23(12-19-20-16-7-4-8-17(16)25-19)14-10-24(11-14)18-9-13-5-2-3-6-15(13)21-22-18/h9,14H,2-8,10-12H2,1H3. The third kappa shape index (κ3) is 2.95. The fourth-order valence-corrected chi connectivity index (χ4v) is 5.43. The van der Waals surface area contributed by atoms with E-state index in [0.717, 1.165) is 31.9 Å². The van der Waals surface area contributed by atoms with Crippen LogP contribution in [-0.4, -0.2) is 46.3 Å². The third-order valence-electron chi connectivity index (χ3n) is 5.89. The third-order valence-corrected chi connectivity index (χ3v) is 7.03. The first-order chi connectivity index (χ1) is 12.3. The van der Waals surface area contributed by atoms with E-state index in [2.05, 4.69) is 33.1 Å². The van der Waals surface area contributed by atoms with Gasteiger partial charge in [-0.1, -0.05) is 0 Å². The first-order valence-corrected chi connectivity index (χ1v) is 10.4. The predicted molar refractivity (Wildman–Crippen MR) is 100 cm³/mol. The Labute approximate surface area is 153 Å². The van der Waals surface area contributed by atoms with E-state index < -0.39 is 0 Å². The second-order valence-corrected chi connectivity index (χ2v) is 8.85. The molecule has 1 saturated heterocycles. The van der Waals surface area contributed by atoms with E-state index in [4.69, 9.17) is 4.98 Å². The van der Waals surface area contributed by atoms with Crippen molar-refractivity contribution in [2.24, 2.45) is 0 Å². The highest BCUT2D eigenvalue weighted by Gasteiger charge is 2.32. The zero-order chi connectivity index (χ0) is 16.8. The molecule has 0 aromatic carbocycles. The molecule has 5 rings (SSSR count). The van der Waals surface area contributed by atoms with Crippen LogP contribution in [0.3, 0.4) is 0 Å². The molecule has 2 aromatic rings. The van der Waals surface area contributed by atoms with E-state index >= 15 is 0 Å². The molecule has 0 spiro atoms. The van der Waals surface area contributed by atoms with Crippen molar-refractivity contribution in [1.82, 2.24) is 20.1 Å². The molecule has 2 aromatic heterocycles. The maximum absolute atomic E-state index is 4.84. The number of hydrogen-bond donors (Lipinski definition) is 0. The highest BCUT2D eigenvalue weighted by atomic mass is 32.1. The van der Waals surface area contributed by atoms with E-state index in [1.54, 1.807) is 0 Å². The predicted octanol–water partition coefficient (Wildman–Crippen LogP) is 2.62. The van der Waals surface area contributed by atoms with Crippen molar-refractivity contribution in [3.05, 3.63) is 32.9 Å². The smallest absolute Gasteiger partial charge is 0.151 e. The number of anilines is 1. The van der Waals surface area contributed by atoms with Crippen molar-refractivity contribution >= 4 is 17.2 Å². The molecule has 0 unspecified atom stereocenters. The molecule has 6 heteroatoms. The van der Waals surface area contributed by atoms with Gasteiger partial charge in [0.25, 0.3) is 0 Å². The van der Waals surface area contributed by atoms with Gasteiger partial charge in [-0.15, -0.1) is 16.4 Å². The Morgan fingerprint density at radius 3 is 2.80 bits per heavy atom. The number of aryl methyl sites for hydroxylation is 4. The molecule has 3 heterocycles. The molecule has 0 saturated carbocycles. The number of hydrogen-bond acceptors (Lipinski definition) is 6. The van der Waals surface area contributed by atoms with Crippen LogP contribution in [0.2, 0.25) is 0 Å². The van der Waals surface area contributed by atoms with E-state index in [9.17, 15) is 0 Å². The fourth-order valence-electron chi connectivity index (χ4n) is 4.21. The summed E-state index contributed by atoms with van der Waals surface area (Å²) in [4.78, 5) is 11.2. The summed E-state index contributed by atoms with van der Waals surface area (Å²) in [7, 11) is 2.23. The van der Waals surface area contributed by atoms with Gasteiger partial charge >= 0.3 is 0 Å². The first-order valence-electron chi connectivity index (χ1n) is 9.54. The number of thiazole rings is 1. The van der Waals surface area contributed by atoms with Gasteiger partial charge in [0.05, 0.1) is 17.9 Å². The summed E-state index contributed by atoms with van der Waals surface area (Å²) in [6.45, 7) is 3.08. The molecule has 0 N–H and O–H groups in total. The normalized spacial score (nSPS) is 19.8. The van der Waals surface area contributed by atoms with Gasteiger partial charge in [-0.05, 0) is 63.6 Å². The summed E-state index contributed by atoms with van der Waals surface area (Å²) in [5.74, 6) is 1.07. The monoisotopic (exact) mass is 355 g/mol. The van der Waals surface area contributed by atoms with Gasteiger partial charge in [0.1, 0.15) is 5.01 Å². The Morgan fingerprint density at radius 2 is 1.92 bits per heavy atom. The van der Waals surface area contributed by atoms with Gasteiger partial charge in [0.2, 0.25) is 0 Å². The average molecular weight is 356 g/mol. The van der Waals surface area contributed by atoms with Crippen LogP contribution in [0.1, 0.15) is 46.1 Å². The minimum Gasteiger partial charge on any atom is -0.352 e. The second kappa shape index (κ2) is 6.32. The first kappa shape index (κ1) is 15.7. The Hall–Kier alpha value is -1.53. The zero-order valence-electron chi connectivity index (χ0n) is 14.9. The van der Waals surface area contributed by atoms with Crippen LogP contribution < -0.4 is 4.90 Å².